The highest BCUT2D eigenvalue weighted by Gasteiger charge is 2.34. The molecule has 1 aromatic heterocycles. The molecule has 2 aliphatic heterocycles. The summed E-state index contributed by atoms with van der Waals surface area (Å²) in [6.07, 6.45) is 3.00. The molecule has 2 atom stereocenters. The van der Waals surface area contributed by atoms with Gasteiger partial charge in [-0.05, 0) is 24.5 Å². The largest absolute Gasteiger partial charge is 0.396 e. The van der Waals surface area contributed by atoms with Gasteiger partial charge in [0.15, 0.2) is 5.82 Å². The molecule has 0 unspecified atom stereocenters. The van der Waals surface area contributed by atoms with Crippen LogP contribution in [0.25, 0.3) is 0 Å². The van der Waals surface area contributed by atoms with Crippen molar-refractivity contribution in [1.82, 2.24) is 4.98 Å². The van der Waals surface area contributed by atoms with E-state index in [1.807, 2.05) is 18.3 Å². The van der Waals surface area contributed by atoms with Crippen molar-refractivity contribution in [2.24, 2.45) is 11.8 Å². The quantitative estimate of drug-likeness (QED) is 0.769. The van der Waals surface area contributed by atoms with E-state index < -0.39 is 0 Å². The van der Waals surface area contributed by atoms with Crippen LogP contribution in [0.5, 0.6) is 0 Å². The van der Waals surface area contributed by atoms with Gasteiger partial charge in [0.25, 0.3) is 0 Å². The van der Waals surface area contributed by atoms with Crippen molar-refractivity contribution in [3.63, 3.8) is 0 Å². The minimum absolute atomic E-state index is 0.662. The molecule has 3 rings (SSSR count). The molecule has 16 heavy (non-hydrogen) atoms. The Morgan fingerprint density at radius 3 is 3.12 bits per heavy atom. The van der Waals surface area contributed by atoms with Crippen molar-refractivity contribution in [2.75, 3.05) is 36.9 Å². The van der Waals surface area contributed by atoms with Gasteiger partial charge in [0.1, 0.15) is 0 Å². The maximum Gasteiger partial charge on any atom is 0.151 e. The Kier molecular flexibility index (Phi) is 2.44. The van der Waals surface area contributed by atoms with Crippen LogP contribution in [0.1, 0.15) is 6.42 Å². The molecule has 0 aliphatic carbocycles. The third-order valence-electron chi connectivity index (χ3n) is 3.67. The normalized spacial score (nSPS) is 29.1. The zero-order chi connectivity index (χ0) is 11.0. The average molecular weight is 219 g/mol. The minimum atomic E-state index is 0.662. The fourth-order valence-corrected chi connectivity index (χ4v) is 2.73. The molecule has 2 aliphatic rings. The number of rotatable bonds is 1. The van der Waals surface area contributed by atoms with Crippen molar-refractivity contribution >= 4 is 11.5 Å². The Bertz CT molecular complexity index is 382. The van der Waals surface area contributed by atoms with Crippen LogP contribution in [0.3, 0.4) is 0 Å². The van der Waals surface area contributed by atoms with Gasteiger partial charge in [-0.15, -0.1) is 0 Å². The van der Waals surface area contributed by atoms with Gasteiger partial charge in [-0.2, -0.15) is 0 Å². The molecule has 86 valence electrons. The molecule has 1 aromatic rings. The van der Waals surface area contributed by atoms with E-state index in [-0.39, 0.29) is 0 Å². The first-order valence-electron chi connectivity index (χ1n) is 5.88. The molecule has 0 saturated carbocycles. The SMILES string of the molecule is Nc1cccnc1N1CC[C@@H]2COC[C@@H]2C1. The maximum absolute atomic E-state index is 5.95. The van der Waals surface area contributed by atoms with E-state index in [0.717, 1.165) is 43.7 Å². The summed E-state index contributed by atoms with van der Waals surface area (Å²) in [7, 11) is 0. The first kappa shape index (κ1) is 9.90. The smallest absolute Gasteiger partial charge is 0.151 e. The van der Waals surface area contributed by atoms with E-state index in [2.05, 4.69) is 9.88 Å². The third kappa shape index (κ3) is 1.63. The van der Waals surface area contributed by atoms with Crippen LogP contribution in [-0.4, -0.2) is 31.3 Å². The van der Waals surface area contributed by atoms with Gasteiger partial charge in [0.2, 0.25) is 0 Å². The molecule has 0 spiro atoms. The van der Waals surface area contributed by atoms with Crippen molar-refractivity contribution in [2.45, 2.75) is 6.42 Å². The Hall–Kier alpha value is -1.29. The highest BCUT2D eigenvalue weighted by atomic mass is 16.5. The van der Waals surface area contributed by atoms with Gasteiger partial charge >= 0.3 is 0 Å². The Balaban J connectivity index is 1.79. The van der Waals surface area contributed by atoms with Crippen LogP contribution in [0.2, 0.25) is 0 Å². The van der Waals surface area contributed by atoms with E-state index in [4.69, 9.17) is 10.5 Å². The molecule has 2 N–H and O–H groups in total. The number of anilines is 2. The van der Waals surface area contributed by atoms with E-state index >= 15 is 0 Å². The summed E-state index contributed by atoms with van der Waals surface area (Å²) in [5.74, 6) is 2.35. The number of piperidine rings is 1. The molecule has 0 bridgehead atoms. The van der Waals surface area contributed by atoms with Crippen LogP contribution in [0.15, 0.2) is 18.3 Å². The third-order valence-corrected chi connectivity index (χ3v) is 3.67. The van der Waals surface area contributed by atoms with Gasteiger partial charge in [-0.3, -0.25) is 0 Å². The van der Waals surface area contributed by atoms with E-state index in [0.29, 0.717) is 5.92 Å². The number of ether oxygens (including phenoxy) is 1. The lowest BCUT2D eigenvalue weighted by Crippen LogP contribution is -2.40. The number of hydrogen-bond donors (Lipinski definition) is 1. The summed E-state index contributed by atoms with van der Waals surface area (Å²) >= 11 is 0. The monoisotopic (exact) mass is 219 g/mol. The first-order chi connectivity index (χ1) is 7.84. The highest BCUT2D eigenvalue weighted by molar-refractivity contribution is 5.62. The van der Waals surface area contributed by atoms with Gasteiger partial charge < -0.3 is 15.4 Å². The minimum Gasteiger partial charge on any atom is -0.396 e. The lowest BCUT2D eigenvalue weighted by Gasteiger charge is -2.35. The van der Waals surface area contributed by atoms with E-state index in [1.54, 1.807) is 0 Å². The fraction of sp³-hybridized carbons (Fsp3) is 0.583. The van der Waals surface area contributed by atoms with Crippen LogP contribution < -0.4 is 10.6 Å². The summed E-state index contributed by atoms with van der Waals surface area (Å²) in [5.41, 5.74) is 6.73. The summed E-state index contributed by atoms with van der Waals surface area (Å²) in [4.78, 5) is 6.67. The number of nitrogens with two attached hydrogens (primary N) is 1. The summed E-state index contributed by atoms with van der Waals surface area (Å²) in [6.45, 7) is 3.92. The number of fused-ring (bicyclic) bond motifs is 1. The van der Waals surface area contributed by atoms with Crippen LogP contribution in [0, 0.1) is 11.8 Å². The molecule has 4 heteroatoms. The summed E-state index contributed by atoms with van der Waals surface area (Å²) < 4.78 is 5.53. The van der Waals surface area contributed by atoms with Crippen molar-refractivity contribution in [1.29, 1.82) is 0 Å². The lowest BCUT2D eigenvalue weighted by atomic mass is 9.89. The Morgan fingerprint density at radius 2 is 2.25 bits per heavy atom. The van der Waals surface area contributed by atoms with E-state index in [1.165, 1.54) is 6.42 Å². The molecule has 0 radical (unpaired) electrons. The van der Waals surface area contributed by atoms with Gasteiger partial charge in [-0.1, -0.05) is 0 Å². The van der Waals surface area contributed by atoms with E-state index in [9.17, 15) is 0 Å². The standard InChI is InChI=1S/C12H17N3O/c13-11-2-1-4-14-12(11)15-5-3-9-7-16-8-10(9)6-15/h1-2,4,9-10H,3,5-8,13H2/t9-,10+/m1/s1. The molecule has 3 heterocycles. The molecule has 2 fully saturated rings. The predicted molar refractivity (Wildman–Crippen MR) is 63.3 cm³/mol. The zero-order valence-electron chi connectivity index (χ0n) is 9.30. The molecular weight excluding hydrogens is 202 g/mol. The van der Waals surface area contributed by atoms with Crippen molar-refractivity contribution in [3.05, 3.63) is 18.3 Å². The number of aromatic nitrogens is 1. The number of nitrogens with zero attached hydrogens (tertiary/aromatic N) is 2. The first-order valence-corrected chi connectivity index (χ1v) is 5.88. The second-order valence-electron chi connectivity index (χ2n) is 4.71. The predicted octanol–water partition coefficient (Wildman–Crippen LogP) is 1.14. The maximum atomic E-state index is 5.95. The second-order valence-corrected chi connectivity index (χ2v) is 4.71. The van der Waals surface area contributed by atoms with Crippen molar-refractivity contribution < 1.29 is 4.74 Å². The molecule has 2 saturated heterocycles. The zero-order valence-corrected chi connectivity index (χ0v) is 9.30. The average Bonchev–Trinajstić information content (AvgIpc) is 2.76. The van der Waals surface area contributed by atoms with Gasteiger partial charge in [0, 0.05) is 31.8 Å². The summed E-state index contributed by atoms with van der Waals surface area (Å²) in [6, 6.07) is 3.80. The van der Waals surface area contributed by atoms with Crippen LogP contribution >= 0.6 is 0 Å². The summed E-state index contributed by atoms with van der Waals surface area (Å²) in [5, 5.41) is 0. The van der Waals surface area contributed by atoms with Crippen LogP contribution in [0.4, 0.5) is 11.5 Å². The fourth-order valence-electron chi connectivity index (χ4n) is 2.73. The molecule has 4 nitrogen and oxygen atoms in total. The Labute approximate surface area is 95.4 Å². The topological polar surface area (TPSA) is 51.4 Å². The number of nitrogen functional groups attached to an aromatic ring is 1. The van der Waals surface area contributed by atoms with Crippen molar-refractivity contribution in [3.8, 4) is 0 Å². The van der Waals surface area contributed by atoms with Gasteiger partial charge in [-0.25, -0.2) is 4.98 Å². The highest BCUT2D eigenvalue weighted by Crippen LogP contribution is 2.32. The lowest BCUT2D eigenvalue weighted by molar-refractivity contribution is 0.182. The second kappa shape index (κ2) is 3.94. The molecular formula is C12H17N3O. The number of pyridine rings is 1. The Morgan fingerprint density at radius 1 is 1.38 bits per heavy atom. The van der Waals surface area contributed by atoms with Gasteiger partial charge in [0.05, 0.1) is 12.3 Å². The molecule has 0 aromatic carbocycles. The van der Waals surface area contributed by atoms with Crippen LogP contribution in [-0.2, 0) is 4.74 Å². The number of hydrogen-bond acceptors (Lipinski definition) is 4. The molecule has 0 amide bonds.